The number of pyridine rings is 2. The number of imidazole rings is 1. The standard InChI is InChI=1S/C25H29N9O/c1-33-21-6-3-13-26-23(21)34(25(33)35)19-11-12-22(27-14-19)29-17-4-2-5-18(10-9-17)30-24-28-15-20(31-32-24)16-7-8-16/h3,6,11-18H,2,4-5,7-10H2,1H3,(H,27,29)(H,28,30,32)/t17?,18-/m0/s1. The van der Waals surface area contributed by atoms with Crippen molar-refractivity contribution >= 4 is 22.9 Å². The van der Waals surface area contributed by atoms with Crippen molar-refractivity contribution in [1.29, 1.82) is 0 Å². The first-order chi connectivity index (χ1) is 17.2. The highest BCUT2D eigenvalue weighted by Crippen LogP contribution is 2.38. The second-order valence-electron chi connectivity index (χ2n) is 9.60. The Balaban J connectivity index is 1.08. The molecule has 180 valence electrons. The fourth-order valence-electron chi connectivity index (χ4n) is 4.90. The maximum absolute atomic E-state index is 12.8. The van der Waals surface area contributed by atoms with E-state index in [2.05, 4.69) is 35.8 Å². The fourth-order valence-corrected chi connectivity index (χ4v) is 4.90. The summed E-state index contributed by atoms with van der Waals surface area (Å²) in [6.07, 6.45) is 13.0. The van der Waals surface area contributed by atoms with Crippen LogP contribution in [0, 0.1) is 0 Å². The second-order valence-corrected chi connectivity index (χ2v) is 9.60. The molecule has 2 atom stereocenters. The molecule has 2 aliphatic rings. The molecule has 4 heterocycles. The van der Waals surface area contributed by atoms with Gasteiger partial charge in [-0.2, -0.15) is 0 Å². The van der Waals surface area contributed by atoms with Crippen LogP contribution in [0.5, 0.6) is 0 Å². The molecule has 1 unspecified atom stereocenters. The molecule has 0 aromatic carbocycles. The van der Waals surface area contributed by atoms with E-state index in [0.717, 1.165) is 49.1 Å². The Bertz CT molecular complexity index is 1370. The molecular formula is C25H29N9O. The summed E-state index contributed by atoms with van der Waals surface area (Å²) >= 11 is 0. The number of nitrogens with one attached hydrogen (secondary N) is 2. The second kappa shape index (κ2) is 9.09. The van der Waals surface area contributed by atoms with Crippen LogP contribution in [-0.2, 0) is 7.05 Å². The Morgan fingerprint density at radius 3 is 2.43 bits per heavy atom. The average molecular weight is 472 g/mol. The van der Waals surface area contributed by atoms with Gasteiger partial charge in [0.1, 0.15) is 5.82 Å². The van der Waals surface area contributed by atoms with E-state index >= 15 is 0 Å². The number of hydrogen-bond acceptors (Lipinski definition) is 8. The minimum atomic E-state index is -0.134. The van der Waals surface area contributed by atoms with Gasteiger partial charge in [0, 0.05) is 31.2 Å². The monoisotopic (exact) mass is 471 g/mol. The number of fused-ring (bicyclic) bond motifs is 1. The summed E-state index contributed by atoms with van der Waals surface area (Å²) in [5.74, 6) is 2.01. The molecule has 0 amide bonds. The molecule has 0 aliphatic heterocycles. The third-order valence-corrected chi connectivity index (χ3v) is 7.05. The van der Waals surface area contributed by atoms with E-state index in [4.69, 9.17) is 0 Å². The Kier molecular flexibility index (Phi) is 5.63. The van der Waals surface area contributed by atoms with E-state index < -0.39 is 0 Å². The van der Waals surface area contributed by atoms with Gasteiger partial charge in [-0.05, 0) is 69.2 Å². The first-order valence-electron chi connectivity index (χ1n) is 12.4. The van der Waals surface area contributed by atoms with Gasteiger partial charge >= 0.3 is 5.69 Å². The third kappa shape index (κ3) is 4.48. The zero-order valence-corrected chi connectivity index (χ0v) is 19.8. The van der Waals surface area contributed by atoms with Crippen molar-refractivity contribution < 1.29 is 0 Å². The average Bonchev–Trinajstić information content (AvgIpc) is 3.72. The van der Waals surface area contributed by atoms with Gasteiger partial charge in [-0.3, -0.25) is 4.57 Å². The SMILES string of the molecule is Cn1c(=O)n(-c2ccc(NC3CCC[C@H](Nc4ncc(C5CC5)nn4)CC3)nc2)c2ncccc21. The van der Waals surface area contributed by atoms with Crippen LogP contribution in [0.2, 0.25) is 0 Å². The van der Waals surface area contributed by atoms with Crippen LogP contribution in [0.15, 0.2) is 47.7 Å². The zero-order valence-electron chi connectivity index (χ0n) is 19.8. The van der Waals surface area contributed by atoms with Crippen molar-refractivity contribution in [3.05, 3.63) is 59.0 Å². The highest BCUT2D eigenvalue weighted by molar-refractivity contribution is 5.73. The number of rotatable bonds is 6. The summed E-state index contributed by atoms with van der Waals surface area (Å²) in [6.45, 7) is 0. The first kappa shape index (κ1) is 21.7. The van der Waals surface area contributed by atoms with Crippen LogP contribution in [0.3, 0.4) is 0 Å². The van der Waals surface area contributed by atoms with Gasteiger partial charge in [0.05, 0.1) is 29.3 Å². The maximum Gasteiger partial charge on any atom is 0.334 e. The minimum Gasteiger partial charge on any atom is -0.367 e. The van der Waals surface area contributed by atoms with E-state index in [1.165, 1.54) is 12.8 Å². The number of aryl methyl sites for hydroxylation is 1. The lowest BCUT2D eigenvalue weighted by molar-refractivity contribution is 0.600. The fraction of sp³-hybridized carbons (Fsp3) is 0.440. The first-order valence-corrected chi connectivity index (χ1v) is 12.4. The van der Waals surface area contributed by atoms with Crippen LogP contribution in [-0.4, -0.2) is 46.4 Å². The normalized spacial score (nSPS) is 20.5. The Hall–Kier alpha value is -3.82. The van der Waals surface area contributed by atoms with Crippen molar-refractivity contribution in [3.63, 3.8) is 0 Å². The zero-order chi connectivity index (χ0) is 23.8. The Morgan fingerprint density at radius 1 is 0.886 bits per heavy atom. The van der Waals surface area contributed by atoms with Crippen molar-refractivity contribution in [2.45, 2.75) is 62.9 Å². The summed E-state index contributed by atoms with van der Waals surface area (Å²) in [5, 5.41) is 15.7. The summed E-state index contributed by atoms with van der Waals surface area (Å²) < 4.78 is 3.20. The summed E-state index contributed by atoms with van der Waals surface area (Å²) in [7, 11) is 1.76. The molecule has 0 saturated heterocycles. The predicted octanol–water partition coefficient (Wildman–Crippen LogP) is 3.41. The van der Waals surface area contributed by atoms with Crippen molar-refractivity contribution in [3.8, 4) is 5.69 Å². The van der Waals surface area contributed by atoms with E-state index in [-0.39, 0.29) is 5.69 Å². The molecule has 10 nitrogen and oxygen atoms in total. The van der Waals surface area contributed by atoms with Crippen molar-refractivity contribution in [2.24, 2.45) is 7.05 Å². The lowest BCUT2D eigenvalue weighted by Gasteiger charge is -2.18. The van der Waals surface area contributed by atoms with Gasteiger partial charge in [0.15, 0.2) is 5.65 Å². The maximum atomic E-state index is 12.8. The lowest BCUT2D eigenvalue weighted by Crippen LogP contribution is -2.23. The molecule has 2 N–H and O–H groups in total. The molecule has 0 radical (unpaired) electrons. The topological polar surface area (TPSA) is 115 Å². The number of aromatic nitrogens is 7. The summed E-state index contributed by atoms with van der Waals surface area (Å²) in [5.41, 5.74) is 3.01. The van der Waals surface area contributed by atoms with E-state index in [9.17, 15) is 4.79 Å². The quantitative estimate of drug-likeness (QED) is 0.411. The van der Waals surface area contributed by atoms with Crippen molar-refractivity contribution in [1.82, 2.24) is 34.3 Å². The Morgan fingerprint density at radius 2 is 1.71 bits per heavy atom. The molecule has 10 heteroatoms. The minimum absolute atomic E-state index is 0.134. The van der Waals surface area contributed by atoms with Gasteiger partial charge < -0.3 is 10.6 Å². The highest BCUT2D eigenvalue weighted by Gasteiger charge is 2.26. The Labute approximate surface area is 202 Å². The van der Waals surface area contributed by atoms with E-state index in [0.29, 0.717) is 35.3 Å². The molecular weight excluding hydrogens is 442 g/mol. The molecule has 4 aromatic heterocycles. The van der Waals surface area contributed by atoms with Gasteiger partial charge in [-0.15, -0.1) is 10.2 Å². The molecule has 2 fully saturated rings. The molecule has 4 aromatic rings. The van der Waals surface area contributed by atoms with Crippen LogP contribution >= 0.6 is 0 Å². The largest absolute Gasteiger partial charge is 0.367 e. The number of nitrogens with zero attached hydrogens (tertiary/aromatic N) is 7. The summed E-state index contributed by atoms with van der Waals surface area (Å²) in [4.78, 5) is 26.2. The van der Waals surface area contributed by atoms with Crippen LogP contribution < -0.4 is 16.3 Å². The molecule has 6 rings (SSSR count). The number of hydrogen-bond donors (Lipinski definition) is 2. The van der Waals surface area contributed by atoms with E-state index in [1.807, 2.05) is 30.5 Å². The van der Waals surface area contributed by atoms with E-state index in [1.54, 1.807) is 28.6 Å². The van der Waals surface area contributed by atoms with Gasteiger partial charge in [0.25, 0.3) is 0 Å². The molecule has 2 saturated carbocycles. The smallest absolute Gasteiger partial charge is 0.334 e. The molecule has 0 bridgehead atoms. The molecule has 2 aliphatic carbocycles. The van der Waals surface area contributed by atoms with Crippen LogP contribution in [0.1, 0.15) is 56.6 Å². The molecule has 0 spiro atoms. The van der Waals surface area contributed by atoms with Crippen LogP contribution in [0.4, 0.5) is 11.8 Å². The highest BCUT2D eigenvalue weighted by atomic mass is 16.1. The molecule has 35 heavy (non-hydrogen) atoms. The van der Waals surface area contributed by atoms with Gasteiger partial charge in [0.2, 0.25) is 5.95 Å². The summed E-state index contributed by atoms with van der Waals surface area (Å²) in [6, 6.07) is 8.27. The predicted molar refractivity (Wildman–Crippen MR) is 134 cm³/mol. The lowest BCUT2D eigenvalue weighted by atomic mass is 10.1. The van der Waals surface area contributed by atoms with Gasteiger partial charge in [-0.25, -0.2) is 24.3 Å². The van der Waals surface area contributed by atoms with Crippen molar-refractivity contribution in [2.75, 3.05) is 10.6 Å². The van der Waals surface area contributed by atoms with Crippen LogP contribution in [0.25, 0.3) is 16.9 Å². The number of anilines is 2. The third-order valence-electron chi connectivity index (χ3n) is 7.05. The van der Waals surface area contributed by atoms with Gasteiger partial charge in [-0.1, -0.05) is 0 Å².